The predicted molar refractivity (Wildman–Crippen MR) is 109 cm³/mol. The van der Waals surface area contributed by atoms with Crippen LogP contribution in [0.3, 0.4) is 0 Å². The van der Waals surface area contributed by atoms with Crippen molar-refractivity contribution in [3.63, 3.8) is 0 Å². The molecule has 1 fully saturated rings. The number of hydrogen-bond donors (Lipinski definition) is 1. The highest BCUT2D eigenvalue weighted by Crippen LogP contribution is 2.27. The minimum atomic E-state index is -3.73. The molecule has 1 atom stereocenters. The summed E-state index contributed by atoms with van der Waals surface area (Å²) in [6, 6.07) is 5.52. The summed E-state index contributed by atoms with van der Waals surface area (Å²) in [5.74, 6) is -0.661. The molecule has 1 amide bonds. The average molecular weight is 425 g/mol. The second kappa shape index (κ2) is 8.23. The van der Waals surface area contributed by atoms with Gasteiger partial charge >= 0.3 is 0 Å². The van der Waals surface area contributed by atoms with Gasteiger partial charge in [0.05, 0.1) is 23.0 Å². The molecule has 1 aliphatic heterocycles. The van der Waals surface area contributed by atoms with Crippen LogP contribution in [0, 0.1) is 12.8 Å². The summed E-state index contributed by atoms with van der Waals surface area (Å²) in [6.45, 7) is 6.34. The molecule has 0 aliphatic carbocycles. The van der Waals surface area contributed by atoms with Gasteiger partial charge in [-0.05, 0) is 51.3 Å². The molecule has 1 aliphatic rings. The molecule has 1 unspecified atom stereocenters. The van der Waals surface area contributed by atoms with Gasteiger partial charge in [-0.15, -0.1) is 0 Å². The van der Waals surface area contributed by atoms with Crippen LogP contribution in [-0.4, -0.2) is 41.3 Å². The Kier molecular flexibility index (Phi) is 6.12. The summed E-state index contributed by atoms with van der Waals surface area (Å²) < 4.78 is 29.0. The fourth-order valence-corrected chi connectivity index (χ4v) is 4.92. The lowest BCUT2D eigenvalue weighted by molar-refractivity contribution is -0.120. The van der Waals surface area contributed by atoms with E-state index in [0.717, 1.165) is 5.56 Å². The maximum absolute atomic E-state index is 12.9. The second-order valence-corrected chi connectivity index (χ2v) is 9.72. The third-order valence-electron chi connectivity index (χ3n) is 4.92. The standard InChI is InChI=1S/C19H25ClN4O3S/c1-13(2)23-11-18(21-12-23)28(26,27)24-8-4-5-15(10-24)19(25)22-17-7-6-14(3)9-16(17)20/h6-7,9,11-13,15H,4-5,8,10H2,1-3H3,(H,22,25). The Hall–Kier alpha value is -1.90. The number of rotatable bonds is 5. The molecule has 28 heavy (non-hydrogen) atoms. The molecular weight excluding hydrogens is 400 g/mol. The highest BCUT2D eigenvalue weighted by molar-refractivity contribution is 7.89. The molecule has 152 valence electrons. The first kappa shape index (κ1) is 20.8. The molecule has 3 rings (SSSR count). The van der Waals surface area contributed by atoms with Crippen LogP contribution < -0.4 is 5.32 Å². The number of imidazole rings is 1. The summed E-state index contributed by atoms with van der Waals surface area (Å²) in [4.78, 5) is 16.8. The summed E-state index contributed by atoms with van der Waals surface area (Å²) in [6.07, 6.45) is 4.30. The van der Waals surface area contributed by atoms with Gasteiger partial charge in [0.25, 0.3) is 10.0 Å². The number of aryl methyl sites for hydroxylation is 1. The molecule has 2 aromatic rings. The number of nitrogens with one attached hydrogen (secondary N) is 1. The number of anilines is 1. The lowest BCUT2D eigenvalue weighted by Crippen LogP contribution is -2.43. The van der Waals surface area contributed by atoms with Crippen molar-refractivity contribution in [3.05, 3.63) is 41.3 Å². The van der Waals surface area contributed by atoms with E-state index in [4.69, 9.17) is 11.6 Å². The van der Waals surface area contributed by atoms with Gasteiger partial charge in [-0.3, -0.25) is 4.79 Å². The SMILES string of the molecule is Cc1ccc(NC(=O)C2CCCN(S(=O)(=O)c3cn(C(C)C)cn3)C2)c(Cl)c1. The number of sulfonamides is 1. The Balaban J connectivity index is 1.72. The van der Waals surface area contributed by atoms with Crippen molar-refractivity contribution in [2.24, 2.45) is 5.92 Å². The summed E-state index contributed by atoms with van der Waals surface area (Å²) in [7, 11) is -3.73. The molecule has 7 nitrogen and oxygen atoms in total. The van der Waals surface area contributed by atoms with E-state index in [-0.39, 0.29) is 23.5 Å². The minimum absolute atomic E-state index is 0.0174. The Morgan fingerprint density at radius 3 is 2.75 bits per heavy atom. The minimum Gasteiger partial charge on any atom is -0.334 e. The fourth-order valence-electron chi connectivity index (χ4n) is 3.20. The van der Waals surface area contributed by atoms with Crippen molar-refractivity contribution in [2.75, 3.05) is 18.4 Å². The van der Waals surface area contributed by atoms with Crippen LogP contribution in [0.5, 0.6) is 0 Å². The number of halogens is 1. The zero-order valence-corrected chi connectivity index (χ0v) is 17.8. The van der Waals surface area contributed by atoms with Crippen molar-refractivity contribution < 1.29 is 13.2 Å². The summed E-state index contributed by atoms with van der Waals surface area (Å²) in [5.41, 5.74) is 1.53. The highest BCUT2D eigenvalue weighted by Gasteiger charge is 2.34. The Labute approximate surface area is 170 Å². The van der Waals surface area contributed by atoms with E-state index in [1.54, 1.807) is 16.7 Å². The molecule has 1 N–H and O–H groups in total. The van der Waals surface area contributed by atoms with Crippen molar-refractivity contribution in [1.82, 2.24) is 13.9 Å². The summed E-state index contributed by atoms with van der Waals surface area (Å²) >= 11 is 6.19. The second-order valence-electron chi connectivity index (χ2n) is 7.43. The van der Waals surface area contributed by atoms with Crippen LogP contribution >= 0.6 is 11.6 Å². The fraction of sp³-hybridized carbons (Fsp3) is 0.474. The van der Waals surface area contributed by atoms with Crippen LogP contribution in [0.25, 0.3) is 0 Å². The van der Waals surface area contributed by atoms with E-state index in [0.29, 0.717) is 30.1 Å². The molecule has 1 aromatic carbocycles. The Bertz CT molecular complexity index is 971. The topological polar surface area (TPSA) is 84.3 Å². The number of aromatic nitrogens is 2. The van der Waals surface area contributed by atoms with E-state index in [1.807, 2.05) is 26.8 Å². The Morgan fingerprint density at radius 1 is 1.36 bits per heavy atom. The number of benzene rings is 1. The van der Waals surface area contributed by atoms with Gasteiger partial charge in [0.15, 0.2) is 5.03 Å². The van der Waals surface area contributed by atoms with E-state index < -0.39 is 15.9 Å². The van der Waals surface area contributed by atoms with Gasteiger partial charge < -0.3 is 9.88 Å². The summed E-state index contributed by atoms with van der Waals surface area (Å²) in [5, 5.41) is 3.31. The third-order valence-corrected chi connectivity index (χ3v) is 6.98. The van der Waals surface area contributed by atoms with Gasteiger partial charge in [-0.25, -0.2) is 13.4 Å². The van der Waals surface area contributed by atoms with Crippen molar-refractivity contribution in [3.8, 4) is 0 Å². The first-order chi connectivity index (χ1) is 13.2. The van der Waals surface area contributed by atoms with Gasteiger partial charge in [-0.1, -0.05) is 17.7 Å². The van der Waals surface area contributed by atoms with Gasteiger partial charge in [0, 0.05) is 25.3 Å². The monoisotopic (exact) mass is 424 g/mol. The van der Waals surface area contributed by atoms with Crippen LogP contribution in [0.4, 0.5) is 5.69 Å². The van der Waals surface area contributed by atoms with Crippen molar-refractivity contribution in [2.45, 2.75) is 44.7 Å². The number of carbonyl (C=O) groups excluding carboxylic acids is 1. The molecule has 0 spiro atoms. The molecule has 1 saturated heterocycles. The maximum Gasteiger partial charge on any atom is 0.262 e. The Morgan fingerprint density at radius 2 is 2.11 bits per heavy atom. The number of amides is 1. The lowest BCUT2D eigenvalue weighted by Gasteiger charge is -2.30. The predicted octanol–water partition coefficient (Wildman–Crippen LogP) is 3.47. The van der Waals surface area contributed by atoms with Crippen molar-refractivity contribution >= 4 is 33.2 Å². The number of carbonyl (C=O) groups is 1. The smallest absolute Gasteiger partial charge is 0.262 e. The lowest BCUT2D eigenvalue weighted by atomic mass is 9.98. The van der Waals surface area contributed by atoms with Gasteiger partial charge in [0.2, 0.25) is 5.91 Å². The molecular formula is C19H25ClN4O3S. The number of piperidine rings is 1. The van der Waals surface area contributed by atoms with Crippen molar-refractivity contribution in [1.29, 1.82) is 0 Å². The number of nitrogens with zero attached hydrogens (tertiary/aromatic N) is 3. The van der Waals surface area contributed by atoms with E-state index in [1.165, 1.54) is 16.8 Å². The largest absolute Gasteiger partial charge is 0.334 e. The van der Waals surface area contributed by atoms with E-state index in [9.17, 15) is 13.2 Å². The first-order valence-electron chi connectivity index (χ1n) is 9.29. The van der Waals surface area contributed by atoms with Crippen LogP contribution in [0.15, 0.2) is 35.7 Å². The normalized spacial score (nSPS) is 18.4. The third kappa shape index (κ3) is 4.39. The maximum atomic E-state index is 12.9. The molecule has 0 radical (unpaired) electrons. The highest BCUT2D eigenvalue weighted by atomic mass is 35.5. The van der Waals surface area contributed by atoms with Crippen LogP contribution in [0.2, 0.25) is 5.02 Å². The first-order valence-corrected chi connectivity index (χ1v) is 11.1. The number of hydrogen-bond acceptors (Lipinski definition) is 4. The molecule has 2 heterocycles. The zero-order valence-electron chi connectivity index (χ0n) is 16.2. The molecule has 0 bridgehead atoms. The molecule has 1 aromatic heterocycles. The van der Waals surface area contributed by atoms with E-state index in [2.05, 4.69) is 10.3 Å². The van der Waals surface area contributed by atoms with Crippen LogP contribution in [-0.2, 0) is 14.8 Å². The molecule has 9 heteroatoms. The van der Waals surface area contributed by atoms with E-state index >= 15 is 0 Å². The quantitative estimate of drug-likeness (QED) is 0.796. The molecule has 0 saturated carbocycles. The van der Waals surface area contributed by atoms with Gasteiger partial charge in [-0.2, -0.15) is 4.31 Å². The average Bonchev–Trinajstić information content (AvgIpc) is 3.15. The van der Waals surface area contributed by atoms with Crippen LogP contribution in [0.1, 0.15) is 38.3 Å². The van der Waals surface area contributed by atoms with Gasteiger partial charge in [0.1, 0.15) is 0 Å². The zero-order chi connectivity index (χ0) is 20.5.